The molecule has 30 heavy (non-hydrogen) atoms. The minimum Gasteiger partial charge on any atom is -0.494 e. The van der Waals surface area contributed by atoms with E-state index in [1.54, 1.807) is 42.5 Å². The summed E-state index contributed by atoms with van der Waals surface area (Å²) in [5, 5.41) is 3.25. The van der Waals surface area contributed by atoms with Crippen LogP contribution in [0, 0.1) is 0 Å². The number of anilines is 2. The molecule has 0 fully saturated rings. The van der Waals surface area contributed by atoms with Gasteiger partial charge in [-0.15, -0.1) is 0 Å². The molecule has 3 aromatic carbocycles. The normalized spacial score (nSPS) is 11.0. The van der Waals surface area contributed by atoms with Crippen LogP contribution in [-0.4, -0.2) is 28.0 Å². The van der Waals surface area contributed by atoms with Gasteiger partial charge in [0.1, 0.15) is 5.75 Å². The lowest BCUT2D eigenvalue weighted by Crippen LogP contribution is -2.26. The Morgan fingerprint density at radius 2 is 1.73 bits per heavy atom. The number of nitrogens with one attached hydrogen (secondary N) is 1. The SMILES string of the molecule is CCOc1cccc(NC(=O)c2cccc(N(C)S(=O)(=O)c3ccc(Cl)cc3)c2)c1. The van der Waals surface area contributed by atoms with Gasteiger partial charge in [0.2, 0.25) is 0 Å². The molecule has 6 nitrogen and oxygen atoms in total. The Balaban J connectivity index is 1.82. The number of hydrogen-bond acceptors (Lipinski definition) is 4. The quantitative estimate of drug-likeness (QED) is 0.567. The van der Waals surface area contributed by atoms with E-state index in [9.17, 15) is 13.2 Å². The van der Waals surface area contributed by atoms with Crippen molar-refractivity contribution in [1.82, 2.24) is 0 Å². The summed E-state index contributed by atoms with van der Waals surface area (Å²) in [6, 6.07) is 19.4. The van der Waals surface area contributed by atoms with Crippen molar-refractivity contribution in [2.45, 2.75) is 11.8 Å². The molecule has 1 amide bonds. The van der Waals surface area contributed by atoms with Crippen molar-refractivity contribution in [2.75, 3.05) is 23.3 Å². The van der Waals surface area contributed by atoms with Gasteiger partial charge in [-0.1, -0.05) is 23.7 Å². The predicted molar refractivity (Wildman–Crippen MR) is 119 cm³/mol. The maximum atomic E-state index is 12.9. The van der Waals surface area contributed by atoms with E-state index in [0.29, 0.717) is 34.3 Å². The first-order valence-corrected chi connectivity index (χ1v) is 11.0. The van der Waals surface area contributed by atoms with Crippen LogP contribution in [0.25, 0.3) is 0 Å². The monoisotopic (exact) mass is 444 g/mol. The summed E-state index contributed by atoms with van der Waals surface area (Å²) in [5.74, 6) is 0.292. The van der Waals surface area contributed by atoms with Crippen LogP contribution in [0.4, 0.5) is 11.4 Å². The van der Waals surface area contributed by atoms with Crippen molar-refractivity contribution in [3.63, 3.8) is 0 Å². The third-order valence-corrected chi connectivity index (χ3v) is 6.40. The number of hydrogen-bond donors (Lipinski definition) is 1. The van der Waals surface area contributed by atoms with E-state index >= 15 is 0 Å². The van der Waals surface area contributed by atoms with Gasteiger partial charge in [-0.05, 0) is 61.5 Å². The number of benzene rings is 3. The fourth-order valence-corrected chi connectivity index (χ4v) is 4.09. The number of sulfonamides is 1. The minimum atomic E-state index is -3.80. The van der Waals surface area contributed by atoms with Crippen molar-refractivity contribution < 1.29 is 17.9 Å². The molecule has 3 rings (SSSR count). The van der Waals surface area contributed by atoms with Gasteiger partial charge in [0.15, 0.2) is 0 Å². The molecule has 0 saturated carbocycles. The van der Waals surface area contributed by atoms with Crippen molar-refractivity contribution in [3.05, 3.63) is 83.4 Å². The second-order valence-corrected chi connectivity index (χ2v) is 8.80. The second kappa shape index (κ2) is 9.19. The summed E-state index contributed by atoms with van der Waals surface area (Å²) in [5.41, 5.74) is 1.27. The summed E-state index contributed by atoms with van der Waals surface area (Å²) < 4.78 is 32.3. The summed E-state index contributed by atoms with van der Waals surface area (Å²) in [6.45, 7) is 2.40. The average molecular weight is 445 g/mol. The molecule has 0 aliphatic carbocycles. The topological polar surface area (TPSA) is 75.7 Å². The molecule has 1 N–H and O–H groups in total. The van der Waals surface area contributed by atoms with Gasteiger partial charge < -0.3 is 10.1 Å². The number of amides is 1. The Hall–Kier alpha value is -3.03. The number of rotatable bonds is 7. The molecule has 0 bridgehead atoms. The molecule has 0 radical (unpaired) electrons. The fraction of sp³-hybridized carbons (Fsp3) is 0.136. The predicted octanol–water partition coefficient (Wildman–Crippen LogP) is 4.82. The van der Waals surface area contributed by atoms with Crippen LogP contribution >= 0.6 is 11.6 Å². The summed E-state index contributed by atoms with van der Waals surface area (Å²) in [6.07, 6.45) is 0. The van der Waals surface area contributed by atoms with Crippen LogP contribution in [0.1, 0.15) is 17.3 Å². The molecule has 156 valence electrons. The van der Waals surface area contributed by atoms with Crippen molar-refractivity contribution in [1.29, 1.82) is 0 Å². The Labute approximate surface area is 181 Å². The third-order valence-electron chi connectivity index (χ3n) is 4.35. The van der Waals surface area contributed by atoms with Gasteiger partial charge >= 0.3 is 0 Å². The van der Waals surface area contributed by atoms with Gasteiger partial charge in [-0.25, -0.2) is 8.42 Å². The minimum absolute atomic E-state index is 0.108. The first-order chi connectivity index (χ1) is 14.3. The Morgan fingerprint density at radius 1 is 1.03 bits per heavy atom. The van der Waals surface area contributed by atoms with Gasteiger partial charge in [-0.2, -0.15) is 0 Å². The number of halogens is 1. The molecule has 0 aromatic heterocycles. The zero-order valence-electron chi connectivity index (χ0n) is 16.5. The van der Waals surface area contributed by atoms with Crippen LogP contribution in [-0.2, 0) is 10.0 Å². The van der Waals surface area contributed by atoms with Crippen LogP contribution in [0.15, 0.2) is 77.7 Å². The molecule has 0 unspecified atom stereocenters. The lowest BCUT2D eigenvalue weighted by atomic mass is 10.2. The van der Waals surface area contributed by atoms with Gasteiger partial charge in [0.25, 0.3) is 15.9 Å². The number of nitrogens with zero attached hydrogens (tertiary/aromatic N) is 1. The maximum absolute atomic E-state index is 12.9. The van der Waals surface area contributed by atoms with Crippen LogP contribution in [0.3, 0.4) is 0 Å². The molecule has 0 spiro atoms. The summed E-state index contributed by atoms with van der Waals surface area (Å²) in [7, 11) is -2.36. The highest BCUT2D eigenvalue weighted by Crippen LogP contribution is 2.25. The lowest BCUT2D eigenvalue weighted by Gasteiger charge is -2.20. The molecule has 3 aromatic rings. The van der Waals surface area contributed by atoms with E-state index in [2.05, 4.69) is 5.32 Å². The van der Waals surface area contributed by atoms with E-state index in [4.69, 9.17) is 16.3 Å². The smallest absolute Gasteiger partial charge is 0.264 e. The van der Waals surface area contributed by atoms with Crippen molar-refractivity contribution in [3.8, 4) is 5.75 Å². The molecule has 8 heteroatoms. The molecular weight excluding hydrogens is 424 g/mol. The van der Waals surface area contributed by atoms with E-state index in [0.717, 1.165) is 4.31 Å². The van der Waals surface area contributed by atoms with Gasteiger partial charge in [-0.3, -0.25) is 9.10 Å². The molecule has 0 heterocycles. The summed E-state index contributed by atoms with van der Waals surface area (Å²) >= 11 is 5.85. The first kappa shape index (κ1) is 21.7. The molecule has 0 aliphatic heterocycles. The average Bonchev–Trinajstić information content (AvgIpc) is 2.74. The van der Waals surface area contributed by atoms with Gasteiger partial charge in [0.05, 0.1) is 17.2 Å². The highest BCUT2D eigenvalue weighted by molar-refractivity contribution is 7.92. The van der Waals surface area contributed by atoms with Crippen molar-refractivity contribution in [2.24, 2.45) is 0 Å². The van der Waals surface area contributed by atoms with Crippen LogP contribution < -0.4 is 14.4 Å². The largest absolute Gasteiger partial charge is 0.494 e. The van der Waals surface area contributed by atoms with E-state index in [-0.39, 0.29) is 10.8 Å². The van der Waals surface area contributed by atoms with E-state index in [1.165, 1.54) is 37.4 Å². The maximum Gasteiger partial charge on any atom is 0.264 e. The number of ether oxygens (including phenoxy) is 1. The molecule has 0 atom stereocenters. The third kappa shape index (κ3) is 4.93. The van der Waals surface area contributed by atoms with Crippen LogP contribution in [0.5, 0.6) is 5.75 Å². The van der Waals surface area contributed by atoms with Gasteiger partial charge in [0, 0.05) is 29.4 Å². The number of carbonyl (C=O) groups is 1. The zero-order chi connectivity index (χ0) is 21.7. The fourth-order valence-electron chi connectivity index (χ4n) is 2.78. The first-order valence-electron chi connectivity index (χ1n) is 9.20. The Bertz CT molecular complexity index is 1150. The Morgan fingerprint density at radius 3 is 2.43 bits per heavy atom. The highest BCUT2D eigenvalue weighted by Gasteiger charge is 2.22. The second-order valence-electron chi connectivity index (χ2n) is 6.39. The van der Waals surface area contributed by atoms with E-state index in [1.807, 2.05) is 6.92 Å². The van der Waals surface area contributed by atoms with E-state index < -0.39 is 10.0 Å². The summed E-state index contributed by atoms with van der Waals surface area (Å²) in [4.78, 5) is 12.8. The highest BCUT2D eigenvalue weighted by atomic mass is 35.5. The zero-order valence-corrected chi connectivity index (χ0v) is 18.1. The lowest BCUT2D eigenvalue weighted by molar-refractivity contribution is 0.102. The molecule has 0 saturated heterocycles. The Kier molecular flexibility index (Phi) is 6.64. The standard InChI is InChI=1S/C22H21ClN2O4S/c1-3-29-20-9-5-7-18(15-20)24-22(26)16-6-4-8-19(14-16)25(2)30(27,28)21-12-10-17(23)11-13-21/h4-15H,3H2,1-2H3,(H,24,26). The molecule has 0 aliphatic rings. The van der Waals surface area contributed by atoms with Crippen molar-refractivity contribution >= 4 is 38.9 Å². The van der Waals surface area contributed by atoms with Crippen LogP contribution in [0.2, 0.25) is 5.02 Å². The molecular formula is C22H21ClN2O4S. The number of carbonyl (C=O) groups excluding carboxylic acids is 1.